The Hall–Kier alpha value is -1.94. The number of ether oxygens (including phenoxy) is 1. The molecule has 0 N–H and O–H groups in total. The number of carbonyl (C=O) groups is 1. The van der Waals surface area contributed by atoms with E-state index in [0.717, 1.165) is 42.2 Å². The average molecular weight is 341 g/mol. The zero-order valence-corrected chi connectivity index (χ0v) is 14.8. The van der Waals surface area contributed by atoms with Crippen molar-refractivity contribution in [3.8, 4) is 11.5 Å². The topological polar surface area (TPSA) is 29.5 Å². The molecule has 0 spiro atoms. The highest BCUT2D eigenvalue weighted by Crippen LogP contribution is 2.39. The number of unbranched alkanes of at least 4 members (excludes halogenated alkanes) is 1. The summed E-state index contributed by atoms with van der Waals surface area (Å²) in [6.45, 7) is 2.95. The monoisotopic (exact) mass is 341 g/mol. The van der Waals surface area contributed by atoms with Crippen molar-refractivity contribution < 1.29 is 9.53 Å². The SMILES string of the molecule is CCCCC(=O)N1CCSC1c1cccc(Oc2ccccc2)c1. The van der Waals surface area contributed by atoms with Crippen molar-refractivity contribution in [2.75, 3.05) is 12.3 Å². The van der Waals surface area contributed by atoms with Gasteiger partial charge in [-0.05, 0) is 36.2 Å². The van der Waals surface area contributed by atoms with Gasteiger partial charge in [0, 0.05) is 18.7 Å². The minimum atomic E-state index is 0.105. The Morgan fingerprint density at radius 3 is 2.75 bits per heavy atom. The van der Waals surface area contributed by atoms with E-state index in [0.29, 0.717) is 6.42 Å². The first-order valence-electron chi connectivity index (χ1n) is 8.52. The summed E-state index contributed by atoms with van der Waals surface area (Å²) >= 11 is 1.83. The molecule has 24 heavy (non-hydrogen) atoms. The number of amides is 1. The van der Waals surface area contributed by atoms with E-state index in [1.54, 1.807) is 0 Å². The Kier molecular flexibility index (Phi) is 5.81. The highest BCUT2D eigenvalue weighted by Gasteiger charge is 2.30. The molecule has 1 atom stereocenters. The molecule has 3 nitrogen and oxygen atoms in total. The standard InChI is InChI=1S/C20H23NO2S/c1-2-3-12-19(22)21-13-14-24-20(21)16-8-7-11-18(15-16)23-17-9-5-4-6-10-17/h4-11,15,20H,2-3,12-14H2,1H3. The fourth-order valence-electron chi connectivity index (χ4n) is 2.83. The Balaban J connectivity index is 1.74. The maximum absolute atomic E-state index is 12.4. The second-order valence-corrected chi connectivity index (χ2v) is 7.09. The van der Waals surface area contributed by atoms with Crippen LogP contribution >= 0.6 is 11.8 Å². The molecular formula is C20H23NO2S. The molecule has 0 aliphatic carbocycles. The predicted molar refractivity (Wildman–Crippen MR) is 99.4 cm³/mol. The van der Waals surface area contributed by atoms with Crippen LogP contribution in [0.5, 0.6) is 11.5 Å². The van der Waals surface area contributed by atoms with Gasteiger partial charge in [-0.15, -0.1) is 11.8 Å². The first-order valence-corrected chi connectivity index (χ1v) is 9.56. The van der Waals surface area contributed by atoms with E-state index in [9.17, 15) is 4.79 Å². The Morgan fingerprint density at radius 1 is 1.17 bits per heavy atom. The number of thioether (sulfide) groups is 1. The largest absolute Gasteiger partial charge is 0.457 e. The van der Waals surface area contributed by atoms with Crippen LogP contribution < -0.4 is 4.74 Å². The molecular weight excluding hydrogens is 318 g/mol. The van der Waals surface area contributed by atoms with Crippen molar-refractivity contribution in [3.63, 3.8) is 0 Å². The molecule has 1 aliphatic heterocycles. The van der Waals surface area contributed by atoms with Crippen LogP contribution in [0, 0.1) is 0 Å². The minimum absolute atomic E-state index is 0.105. The number of benzene rings is 2. The summed E-state index contributed by atoms with van der Waals surface area (Å²) in [6.07, 6.45) is 2.66. The lowest BCUT2D eigenvalue weighted by Gasteiger charge is -2.24. The van der Waals surface area contributed by atoms with Gasteiger partial charge < -0.3 is 9.64 Å². The summed E-state index contributed by atoms with van der Waals surface area (Å²) in [5.41, 5.74) is 1.13. The summed E-state index contributed by atoms with van der Waals surface area (Å²) in [5, 5.41) is 0.105. The van der Waals surface area contributed by atoms with Crippen LogP contribution in [0.2, 0.25) is 0 Å². The molecule has 1 aliphatic rings. The minimum Gasteiger partial charge on any atom is -0.457 e. The van der Waals surface area contributed by atoms with Crippen LogP contribution in [-0.2, 0) is 4.79 Å². The third-order valence-electron chi connectivity index (χ3n) is 4.08. The van der Waals surface area contributed by atoms with Crippen LogP contribution in [0.4, 0.5) is 0 Å². The molecule has 0 saturated carbocycles. The zero-order chi connectivity index (χ0) is 16.8. The number of rotatable bonds is 6. The lowest BCUT2D eigenvalue weighted by molar-refractivity contribution is -0.131. The van der Waals surface area contributed by atoms with Gasteiger partial charge in [0.15, 0.2) is 0 Å². The Bertz CT molecular complexity index is 674. The molecule has 3 rings (SSSR count). The van der Waals surface area contributed by atoms with Gasteiger partial charge in [-0.1, -0.05) is 43.7 Å². The molecule has 2 aromatic rings. The van der Waals surface area contributed by atoms with E-state index in [1.807, 2.05) is 59.1 Å². The van der Waals surface area contributed by atoms with Gasteiger partial charge in [-0.3, -0.25) is 4.79 Å². The second-order valence-electron chi connectivity index (χ2n) is 5.90. The van der Waals surface area contributed by atoms with Crippen molar-refractivity contribution in [2.24, 2.45) is 0 Å². The fraction of sp³-hybridized carbons (Fsp3) is 0.350. The summed E-state index contributed by atoms with van der Waals surface area (Å²) in [4.78, 5) is 14.5. The maximum atomic E-state index is 12.4. The molecule has 126 valence electrons. The summed E-state index contributed by atoms with van der Waals surface area (Å²) in [5.74, 6) is 2.89. The summed E-state index contributed by atoms with van der Waals surface area (Å²) in [6, 6.07) is 17.9. The van der Waals surface area contributed by atoms with Gasteiger partial charge in [0.2, 0.25) is 5.91 Å². The Morgan fingerprint density at radius 2 is 1.96 bits per heavy atom. The van der Waals surface area contributed by atoms with E-state index in [2.05, 4.69) is 19.1 Å². The molecule has 1 fully saturated rings. The number of carbonyl (C=O) groups excluding carboxylic acids is 1. The molecule has 2 aromatic carbocycles. The number of hydrogen-bond donors (Lipinski definition) is 0. The van der Waals surface area contributed by atoms with E-state index in [-0.39, 0.29) is 11.3 Å². The van der Waals surface area contributed by atoms with E-state index in [1.165, 1.54) is 0 Å². The fourth-order valence-corrected chi connectivity index (χ4v) is 4.10. The highest BCUT2D eigenvalue weighted by molar-refractivity contribution is 7.99. The molecule has 4 heteroatoms. The van der Waals surface area contributed by atoms with Crippen molar-refractivity contribution in [1.82, 2.24) is 4.90 Å². The number of nitrogens with zero attached hydrogens (tertiary/aromatic N) is 1. The molecule has 1 amide bonds. The third-order valence-corrected chi connectivity index (χ3v) is 5.34. The molecule has 0 aromatic heterocycles. The summed E-state index contributed by atoms with van der Waals surface area (Å²) in [7, 11) is 0. The van der Waals surface area contributed by atoms with Crippen LogP contribution in [0.3, 0.4) is 0 Å². The van der Waals surface area contributed by atoms with E-state index >= 15 is 0 Å². The first-order chi connectivity index (χ1) is 11.8. The molecule has 1 saturated heterocycles. The summed E-state index contributed by atoms with van der Waals surface area (Å²) < 4.78 is 5.93. The highest BCUT2D eigenvalue weighted by atomic mass is 32.2. The predicted octanol–water partition coefficient (Wildman–Crippen LogP) is 5.24. The quantitative estimate of drug-likeness (QED) is 0.719. The zero-order valence-electron chi connectivity index (χ0n) is 14.0. The molecule has 1 unspecified atom stereocenters. The number of hydrogen-bond acceptors (Lipinski definition) is 3. The van der Waals surface area contributed by atoms with Crippen molar-refractivity contribution in [3.05, 3.63) is 60.2 Å². The van der Waals surface area contributed by atoms with Crippen LogP contribution in [-0.4, -0.2) is 23.1 Å². The van der Waals surface area contributed by atoms with Crippen LogP contribution in [0.15, 0.2) is 54.6 Å². The lowest BCUT2D eigenvalue weighted by atomic mass is 10.1. The number of para-hydroxylation sites is 1. The maximum Gasteiger partial charge on any atom is 0.223 e. The van der Waals surface area contributed by atoms with Gasteiger partial charge in [0.1, 0.15) is 16.9 Å². The van der Waals surface area contributed by atoms with Crippen molar-refractivity contribution >= 4 is 17.7 Å². The van der Waals surface area contributed by atoms with Crippen LogP contribution in [0.25, 0.3) is 0 Å². The van der Waals surface area contributed by atoms with Gasteiger partial charge in [-0.25, -0.2) is 0 Å². The molecule has 0 radical (unpaired) electrons. The van der Waals surface area contributed by atoms with Gasteiger partial charge in [0.25, 0.3) is 0 Å². The molecule has 1 heterocycles. The van der Waals surface area contributed by atoms with Crippen molar-refractivity contribution in [1.29, 1.82) is 0 Å². The lowest BCUT2D eigenvalue weighted by Crippen LogP contribution is -2.30. The molecule has 0 bridgehead atoms. The normalized spacial score (nSPS) is 17.0. The van der Waals surface area contributed by atoms with Gasteiger partial charge >= 0.3 is 0 Å². The van der Waals surface area contributed by atoms with Crippen molar-refractivity contribution in [2.45, 2.75) is 31.6 Å². The smallest absolute Gasteiger partial charge is 0.223 e. The Labute approximate surface area is 148 Å². The van der Waals surface area contributed by atoms with Gasteiger partial charge in [0.05, 0.1) is 0 Å². The van der Waals surface area contributed by atoms with Crippen LogP contribution in [0.1, 0.15) is 37.1 Å². The van der Waals surface area contributed by atoms with Gasteiger partial charge in [-0.2, -0.15) is 0 Å². The second kappa shape index (κ2) is 8.25. The third kappa shape index (κ3) is 4.12. The first kappa shape index (κ1) is 16.9. The average Bonchev–Trinajstić information content (AvgIpc) is 3.11. The van der Waals surface area contributed by atoms with E-state index < -0.39 is 0 Å². The van der Waals surface area contributed by atoms with E-state index in [4.69, 9.17) is 4.74 Å².